The Balaban J connectivity index is 1.73. The van der Waals surface area contributed by atoms with E-state index in [-0.39, 0.29) is 18.0 Å². The summed E-state index contributed by atoms with van der Waals surface area (Å²) in [6.45, 7) is -0.103. The van der Waals surface area contributed by atoms with Gasteiger partial charge in [0.15, 0.2) is 5.65 Å². The number of nitrogens with zero attached hydrogens (tertiary/aromatic N) is 3. The highest BCUT2D eigenvalue weighted by atomic mass is 35.5. The molecule has 0 saturated carbocycles. The Labute approximate surface area is 171 Å². The zero-order valence-corrected chi connectivity index (χ0v) is 16.3. The van der Waals surface area contributed by atoms with Gasteiger partial charge in [-0.25, -0.2) is 9.67 Å². The zero-order valence-electron chi connectivity index (χ0n) is 15.5. The van der Waals surface area contributed by atoms with Crippen molar-refractivity contribution in [1.29, 1.82) is 0 Å². The Morgan fingerprint density at radius 2 is 1.93 bits per heavy atom. The first kappa shape index (κ1) is 18.8. The van der Waals surface area contributed by atoms with Crippen LogP contribution < -0.4 is 15.6 Å². The van der Waals surface area contributed by atoms with Crippen molar-refractivity contribution in [3.05, 3.63) is 82.2 Å². The average Bonchev–Trinajstić information content (AvgIpc) is 3.00. The molecule has 8 heteroatoms. The number of methoxy groups -OCH3 is 1. The van der Waals surface area contributed by atoms with Crippen molar-refractivity contribution in [1.82, 2.24) is 14.3 Å². The van der Waals surface area contributed by atoms with Gasteiger partial charge in [0.05, 0.1) is 18.2 Å². The van der Waals surface area contributed by atoms with Gasteiger partial charge in [-0.15, -0.1) is 0 Å². The minimum Gasteiger partial charge on any atom is -0.497 e. The summed E-state index contributed by atoms with van der Waals surface area (Å²) in [4.78, 5) is 30.0. The quantitative estimate of drug-likeness (QED) is 0.548. The second-order valence-corrected chi connectivity index (χ2v) is 6.74. The van der Waals surface area contributed by atoms with Crippen molar-refractivity contribution in [2.75, 3.05) is 12.4 Å². The molecular weight excluding hydrogens is 392 g/mol. The number of rotatable bonds is 5. The summed E-state index contributed by atoms with van der Waals surface area (Å²) in [5, 5.41) is 3.73. The summed E-state index contributed by atoms with van der Waals surface area (Å²) in [7, 11) is 1.58. The minimum absolute atomic E-state index is 0.103. The summed E-state index contributed by atoms with van der Waals surface area (Å²) in [6, 6.07) is 17.3. The smallest absolute Gasteiger partial charge is 0.280 e. The lowest BCUT2D eigenvalue weighted by molar-refractivity contribution is -0.116. The van der Waals surface area contributed by atoms with Crippen LogP contribution in [0.25, 0.3) is 16.7 Å². The van der Waals surface area contributed by atoms with Crippen LogP contribution in [-0.4, -0.2) is 27.4 Å². The van der Waals surface area contributed by atoms with Crippen LogP contribution in [0, 0.1) is 0 Å². The highest BCUT2D eigenvalue weighted by Gasteiger charge is 2.18. The number of benzene rings is 2. The van der Waals surface area contributed by atoms with E-state index >= 15 is 0 Å². The molecule has 0 radical (unpaired) electrons. The highest BCUT2D eigenvalue weighted by molar-refractivity contribution is 6.30. The van der Waals surface area contributed by atoms with E-state index in [0.717, 1.165) is 0 Å². The number of hydrogen-bond donors (Lipinski definition) is 1. The molecule has 0 fully saturated rings. The fourth-order valence-corrected chi connectivity index (χ4v) is 3.29. The molecule has 0 unspecified atom stereocenters. The monoisotopic (exact) mass is 408 g/mol. The molecule has 4 rings (SSSR count). The normalized spacial score (nSPS) is 10.8. The van der Waals surface area contributed by atoms with Gasteiger partial charge in [0.25, 0.3) is 5.56 Å². The van der Waals surface area contributed by atoms with E-state index in [4.69, 9.17) is 16.3 Å². The Bertz CT molecular complexity index is 1250. The van der Waals surface area contributed by atoms with E-state index in [9.17, 15) is 9.59 Å². The second-order valence-electron chi connectivity index (χ2n) is 6.31. The number of anilines is 1. The molecule has 0 aliphatic carbocycles. The predicted molar refractivity (Wildman–Crippen MR) is 112 cm³/mol. The van der Waals surface area contributed by atoms with Crippen molar-refractivity contribution in [2.45, 2.75) is 6.54 Å². The number of carbonyl (C=O) groups is 1. The number of carbonyl (C=O) groups excluding carboxylic acids is 1. The number of nitrogens with one attached hydrogen (secondary N) is 1. The van der Waals surface area contributed by atoms with Crippen LogP contribution in [0.3, 0.4) is 0 Å². The summed E-state index contributed by atoms with van der Waals surface area (Å²) in [5.41, 5.74) is 1.32. The van der Waals surface area contributed by atoms with Crippen LogP contribution in [0.4, 0.5) is 5.69 Å². The van der Waals surface area contributed by atoms with E-state index < -0.39 is 0 Å². The second kappa shape index (κ2) is 7.81. The minimum atomic E-state index is -0.298. The Morgan fingerprint density at radius 3 is 2.66 bits per heavy atom. The van der Waals surface area contributed by atoms with Gasteiger partial charge >= 0.3 is 0 Å². The largest absolute Gasteiger partial charge is 0.497 e. The van der Waals surface area contributed by atoms with E-state index in [1.54, 1.807) is 78.7 Å². The van der Waals surface area contributed by atoms with Crippen LogP contribution in [0.5, 0.6) is 5.75 Å². The lowest BCUT2D eigenvalue weighted by Crippen LogP contribution is -2.27. The SMILES string of the molecule is COc1ccc(NC(=O)Cn2c3ncccc3c(=O)n2-c2cccc(Cl)c2)cc1. The van der Waals surface area contributed by atoms with Gasteiger partial charge < -0.3 is 10.1 Å². The molecule has 7 nitrogen and oxygen atoms in total. The number of ether oxygens (including phenoxy) is 1. The number of aromatic nitrogens is 3. The zero-order chi connectivity index (χ0) is 20.4. The summed E-state index contributed by atoms with van der Waals surface area (Å²) >= 11 is 6.11. The predicted octanol–water partition coefficient (Wildman–Crippen LogP) is 3.49. The third-order valence-corrected chi connectivity index (χ3v) is 4.65. The van der Waals surface area contributed by atoms with Gasteiger partial charge in [-0.3, -0.25) is 14.3 Å². The van der Waals surface area contributed by atoms with E-state index in [2.05, 4.69) is 10.3 Å². The number of fused-ring (bicyclic) bond motifs is 1. The van der Waals surface area contributed by atoms with Gasteiger partial charge in [-0.2, -0.15) is 0 Å². The maximum Gasteiger partial charge on any atom is 0.280 e. The lowest BCUT2D eigenvalue weighted by atomic mass is 10.3. The molecule has 2 aromatic heterocycles. The Kier molecular flexibility index (Phi) is 5.05. The van der Waals surface area contributed by atoms with Gasteiger partial charge in [-0.1, -0.05) is 17.7 Å². The molecule has 0 aliphatic rings. The lowest BCUT2D eigenvalue weighted by Gasteiger charge is -2.13. The third kappa shape index (κ3) is 3.72. The van der Waals surface area contributed by atoms with E-state index in [0.29, 0.717) is 33.2 Å². The first-order valence-corrected chi connectivity index (χ1v) is 9.21. The number of amides is 1. The molecule has 0 bridgehead atoms. The molecule has 2 heterocycles. The maximum absolute atomic E-state index is 13.0. The summed E-state index contributed by atoms with van der Waals surface area (Å²) in [5.74, 6) is 0.395. The van der Waals surface area contributed by atoms with Crippen molar-refractivity contribution in [2.24, 2.45) is 0 Å². The van der Waals surface area contributed by atoms with Crippen LogP contribution in [0.15, 0.2) is 71.7 Å². The Morgan fingerprint density at radius 1 is 1.14 bits per heavy atom. The molecule has 0 saturated heterocycles. The molecule has 0 atom stereocenters. The molecule has 146 valence electrons. The molecule has 29 heavy (non-hydrogen) atoms. The fourth-order valence-electron chi connectivity index (χ4n) is 3.11. The maximum atomic E-state index is 13.0. The molecule has 1 amide bonds. The molecule has 0 aliphatic heterocycles. The summed E-state index contributed by atoms with van der Waals surface area (Å²) < 4.78 is 8.08. The Hall–Kier alpha value is -3.58. The topological polar surface area (TPSA) is 78.2 Å². The number of halogens is 1. The molecule has 4 aromatic rings. The van der Waals surface area contributed by atoms with E-state index in [1.807, 2.05) is 0 Å². The first-order chi connectivity index (χ1) is 14.1. The average molecular weight is 409 g/mol. The molecule has 2 aromatic carbocycles. The van der Waals surface area contributed by atoms with Crippen molar-refractivity contribution < 1.29 is 9.53 Å². The van der Waals surface area contributed by atoms with Crippen LogP contribution in [0.2, 0.25) is 5.02 Å². The molecular formula is C21H17ClN4O3. The standard InChI is InChI=1S/C21H17ClN4O3/c1-29-17-9-7-15(8-10-17)24-19(27)13-25-20-18(6-3-11-23-20)21(28)26(25)16-5-2-4-14(22)12-16/h2-12H,13H2,1H3,(H,24,27). The van der Waals surface area contributed by atoms with E-state index in [1.165, 1.54) is 4.68 Å². The highest BCUT2D eigenvalue weighted by Crippen LogP contribution is 2.18. The molecule has 1 N–H and O–H groups in total. The van der Waals surface area contributed by atoms with Gasteiger partial charge in [-0.05, 0) is 54.6 Å². The summed E-state index contributed by atoms with van der Waals surface area (Å²) in [6.07, 6.45) is 1.59. The first-order valence-electron chi connectivity index (χ1n) is 8.83. The number of pyridine rings is 1. The van der Waals surface area contributed by atoms with Crippen molar-refractivity contribution >= 4 is 34.2 Å². The van der Waals surface area contributed by atoms with Gasteiger partial charge in [0.2, 0.25) is 5.91 Å². The third-order valence-electron chi connectivity index (χ3n) is 4.42. The van der Waals surface area contributed by atoms with Crippen LogP contribution in [-0.2, 0) is 11.3 Å². The van der Waals surface area contributed by atoms with Crippen LogP contribution in [0.1, 0.15) is 0 Å². The van der Waals surface area contributed by atoms with Crippen molar-refractivity contribution in [3.63, 3.8) is 0 Å². The van der Waals surface area contributed by atoms with Crippen molar-refractivity contribution in [3.8, 4) is 11.4 Å². The number of hydrogen-bond acceptors (Lipinski definition) is 4. The van der Waals surface area contributed by atoms with Gasteiger partial charge in [0.1, 0.15) is 12.3 Å². The fraction of sp³-hybridized carbons (Fsp3) is 0.0952. The van der Waals surface area contributed by atoms with Crippen LogP contribution >= 0.6 is 11.6 Å². The molecule has 0 spiro atoms. The van der Waals surface area contributed by atoms with Gasteiger partial charge in [0, 0.05) is 16.9 Å².